The van der Waals surface area contributed by atoms with Gasteiger partial charge in [-0.1, -0.05) is 6.07 Å². The van der Waals surface area contributed by atoms with Gasteiger partial charge in [0.05, 0.1) is 0 Å². The molecule has 0 bridgehead atoms. The van der Waals surface area contributed by atoms with E-state index in [1.807, 2.05) is 0 Å². The van der Waals surface area contributed by atoms with E-state index in [9.17, 15) is 5.11 Å². The zero-order valence-electron chi connectivity index (χ0n) is 8.05. The van der Waals surface area contributed by atoms with Gasteiger partial charge in [-0.2, -0.15) is 0 Å². The Hall–Kier alpha value is -1.59. The van der Waals surface area contributed by atoms with Crippen LogP contribution in [0.4, 0.5) is 0 Å². The fourth-order valence-corrected chi connectivity index (χ4v) is 1.52. The van der Waals surface area contributed by atoms with E-state index < -0.39 is 6.04 Å². The van der Waals surface area contributed by atoms with Crippen LogP contribution in [0, 0.1) is 0 Å². The molecule has 0 radical (unpaired) electrons. The number of hydrogen-bond acceptors (Lipinski definition) is 5. The van der Waals surface area contributed by atoms with Crippen LogP contribution < -0.4 is 5.73 Å². The number of benzene rings is 1. The van der Waals surface area contributed by atoms with Gasteiger partial charge in [0, 0.05) is 18.2 Å². The van der Waals surface area contributed by atoms with Gasteiger partial charge in [-0.25, -0.2) is 4.98 Å². The molecule has 5 heteroatoms. The minimum absolute atomic E-state index is 0.00551. The molecule has 1 aromatic carbocycles. The average molecular weight is 208 g/mol. The minimum atomic E-state index is -0.399. The van der Waals surface area contributed by atoms with Crippen LogP contribution in [-0.2, 0) is 0 Å². The van der Waals surface area contributed by atoms with Gasteiger partial charge in [0.25, 0.3) is 0 Å². The number of nitrogens with two attached hydrogens (primary N) is 1. The van der Waals surface area contributed by atoms with Crippen molar-refractivity contribution in [2.45, 2.75) is 12.5 Å². The molecule has 1 aromatic heterocycles. The zero-order chi connectivity index (χ0) is 10.8. The third-order valence-electron chi connectivity index (χ3n) is 2.34. The molecule has 0 aliphatic heterocycles. The SMILES string of the molecule is NC(CCO)c1ccc2ncoc2c1O. The van der Waals surface area contributed by atoms with Crippen LogP contribution in [0.1, 0.15) is 18.0 Å². The number of nitrogens with zero attached hydrogens (tertiary/aromatic N) is 1. The maximum atomic E-state index is 9.84. The molecule has 80 valence electrons. The number of aliphatic hydroxyl groups is 1. The molecule has 1 atom stereocenters. The molecule has 0 aliphatic rings. The highest BCUT2D eigenvalue weighted by Gasteiger charge is 2.15. The van der Waals surface area contributed by atoms with Crippen LogP contribution in [-0.4, -0.2) is 21.8 Å². The summed E-state index contributed by atoms with van der Waals surface area (Å²) in [6.07, 6.45) is 1.67. The smallest absolute Gasteiger partial charge is 0.196 e. The third-order valence-corrected chi connectivity index (χ3v) is 2.34. The normalized spacial score (nSPS) is 13.2. The fourth-order valence-electron chi connectivity index (χ4n) is 1.52. The number of aliphatic hydroxyl groups excluding tert-OH is 1. The van der Waals surface area contributed by atoms with Crippen molar-refractivity contribution >= 4 is 11.1 Å². The molecule has 5 nitrogen and oxygen atoms in total. The number of aromatic nitrogens is 1. The van der Waals surface area contributed by atoms with Gasteiger partial charge < -0.3 is 20.4 Å². The van der Waals surface area contributed by atoms with E-state index in [1.165, 1.54) is 6.39 Å². The number of aromatic hydroxyl groups is 1. The predicted octanol–water partition coefficient (Wildman–Crippen LogP) is 0.916. The van der Waals surface area contributed by atoms with E-state index in [1.54, 1.807) is 12.1 Å². The number of rotatable bonds is 3. The first-order chi connectivity index (χ1) is 7.24. The van der Waals surface area contributed by atoms with Gasteiger partial charge in [-0.3, -0.25) is 0 Å². The number of oxazole rings is 1. The highest BCUT2D eigenvalue weighted by Crippen LogP contribution is 2.32. The molecule has 2 rings (SSSR count). The molecule has 2 aromatic rings. The molecule has 1 unspecified atom stereocenters. The Bertz CT molecular complexity index is 467. The summed E-state index contributed by atoms with van der Waals surface area (Å²) in [6, 6.07) is 3.02. The first-order valence-corrected chi connectivity index (χ1v) is 4.65. The van der Waals surface area contributed by atoms with E-state index in [4.69, 9.17) is 15.3 Å². The molecule has 0 saturated carbocycles. The standard InChI is InChI=1S/C10H12N2O3/c11-7(3-4-13)6-1-2-8-10(9(6)14)15-5-12-8/h1-2,5,7,13-14H,3-4,11H2. The Balaban J connectivity index is 2.47. The van der Waals surface area contributed by atoms with Gasteiger partial charge in [0.2, 0.25) is 0 Å². The lowest BCUT2D eigenvalue weighted by Crippen LogP contribution is -2.12. The van der Waals surface area contributed by atoms with Crippen molar-refractivity contribution in [3.63, 3.8) is 0 Å². The largest absolute Gasteiger partial charge is 0.504 e. The third kappa shape index (κ3) is 1.67. The van der Waals surface area contributed by atoms with Gasteiger partial charge in [0.15, 0.2) is 17.7 Å². The van der Waals surface area contributed by atoms with Crippen LogP contribution >= 0.6 is 0 Å². The second kappa shape index (κ2) is 3.88. The van der Waals surface area contributed by atoms with E-state index >= 15 is 0 Å². The molecule has 0 saturated heterocycles. The molecular formula is C10H12N2O3. The van der Waals surface area contributed by atoms with Crippen LogP contribution in [0.15, 0.2) is 22.9 Å². The molecule has 1 heterocycles. The number of hydrogen-bond donors (Lipinski definition) is 3. The summed E-state index contributed by atoms with van der Waals surface area (Å²) >= 11 is 0. The summed E-state index contributed by atoms with van der Waals surface area (Å²) in [4.78, 5) is 3.91. The minimum Gasteiger partial charge on any atom is -0.504 e. The highest BCUT2D eigenvalue weighted by atomic mass is 16.4. The second-order valence-electron chi connectivity index (χ2n) is 3.32. The fraction of sp³-hybridized carbons (Fsp3) is 0.300. The van der Waals surface area contributed by atoms with Crippen molar-refractivity contribution in [3.8, 4) is 5.75 Å². The van der Waals surface area contributed by atoms with Crippen LogP contribution in [0.5, 0.6) is 5.75 Å². The Labute approximate surface area is 86.2 Å². The van der Waals surface area contributed by atoms with E-state index in [0.717, 1.165) is 0 Å². The van der Waals surface area contributed by atoms with E-state index in [0.29, 0.717) is 23.1 Å². The summed E-state index contributed by atoms with van der Waals surface area (Å²) in [5.74, 6) is 0.00551. The van der Waals surface area contributed by atoms with Crippen LogP contribution in [0.2, 0.25) is 0 Å². The molecule has 15 heavy (non-hydrogen) atoms. The van der Waals surface area contributed by atoms with Crippen molar-refractivity contribution < 1.29 is 14.6 Å². The van der Waals surface area contributed by atoms with Gasteiger partial charge in [-0.05, 0) is 12.5 Å². The number of phenolic OH excluding ortho intramolecular Hbond substituents is 1. The molecule has 0 fully saturated rings. The van der Waals surface area contributed by atoms with Crippen molar-refractivity contribution in [3.05, 3.63) is 24.1 Å². The van der Waals surface area contributed by atoms with Crippen molar-refractivity contribution in [2.24, 2.45) is 5.73 Å². The van der Waals surface area contributed by atoms with E-state index in [2.05, 4.69) is 4.98 Å². The van der Waals surface area contributed by atoms with Crippen molar-refractivity contribution in [1.82, 2.24) is 4.98 Å². The van der Waals surface area contributed by atoms with Crippen LogP contribution in [0.25, 0.3) is 11.1 Å². The van der Waals surface area contributed by atoms with Crippen molar-refractivity contribution in [2.75, 3.05) is 6.61 Å². The van der Waals surface area contributed by atoms with Crippen molar-refractivity contribution in [1.29, 1.82) is 0 Å². The zero-order valence-corrected chi connectivity index (χ0v) is 8.05. The monoisotopic (exact) mass is 208 g/mol. The van der Waals surface area contributed by atoms with Gasteiger partial charge >= 0.3 is 0 Å². The molecule has 0 aliphatic carbocycles. The Kier molecular flexibility index (Phi) is 2.57. The maximum absolute atomic E-state index is 9.84. The van der Waals surface area contributed by atoms with Gasteiger partial charge in [-0.15, -0.1) is 0 Å². The number of phenols is 1. The topological polar surface area (TPSA) is 92.5 Å². The molecule has 0 amide bonds. The van der Waals surface area contributed by atoms with Gasteiger partial charge in [0.1, 0.15) is 5.52 Å². The number of fused-ring (bicyclic) bond motifs is 1. The maximum Gasteiger partial charge on any atom is 0.196 e. The summed E-state index contributed by atoms with van der Waals surface area (Å²) in [5, 5.41) is 18.6. The molecule has 0 spiro atoms. The molecule has 4 N–H and O–H groups in total. The van der Waals surface area contributed by atoms with E-state index in [-0.39, 0.29) is 12.4 Å². The highest BCUT2D eigenvalue weighted by molar-refractivity contribution is 5.80. The summed E-state index contributed by atoms with van der Waals surface area (Å²) < 4.78 is 5.04. The summed E-state index contributed by atoms with van der Waals surface area (Å²) in [5.41, 5.74) is 7.27. The lowest BCUT2D eigenvalue weighted by Gasteiger charge is -2.11. The lowest BCUT2D eigenvalue weighted by molar-refractivity contribution is 0.275. The average Bonchev–Trinajstić information content (AvgIpc) is 2.67. The predicted molar refractivity (Wildman–Crippen MR) is 54.3 cm³/mol. The Morgan fingerprint density at radius 1 is 1.47 bits per heavy atom. The summed E-state index contributed by atoms with van der Waals surface area (Å²) in [7, 11) is 0. The first kappa shape index (κ1) is 9.95. The first-order valence-electron chi connectivity index (χ1n) is 4.65. The van der Waals surface area contributed by atoms with Crippen LogP contribution in [0.3, 0.4) is 0 Å². The second-order valence-corrected chi connectivity index (χ2v) is 3.32. The Morgan fingerprint density at radius 2 is 2.27 bits per heavy atom. The summed E-state index contributed by atoms with van der Waals surface area (Å²) in [6.45, 7) is -0.0188. The molecular weight excluding hydrogens is 196 g/mol. The lowest BCUT2D eigenvalue weighted by atomic mass is 10.0. The Morgan fingerprint density at radius 3 is 3.00 bits per heavy atom. The quantitative estimate of drug-likeness (QED) is 0.697.